The number of amides is 2. The van der Waals surface area contributed by atoms with Gasteiger partial charge in [0.1, 0.15) is 6.61 Å². The molecule has 3 aromatic carbocycles. The Morgan fingerprint density at radius 3 is 2.47 bits per heavy atom. The summed E-state index contributed by atoms with van der Waals surface area (Å²) in [6.07, 6.45) is 1.47. The highest BCUT2D eigenvalue weighted by atomic mass is 35.5. The second-order valence-corrected chi connectivity index (χ2v) is 7.85. The predicted octanol–water partition coefficient (Wildman–Crippen LogP) is 4.85. The molecular formula is C25H23Cl2N3O4. The lowest BCUT2D eigenvalue weighted by molar-refractivity contribution is -0.120. The van der Waals surface area contributed by atoms with Crippen LogP contribution >= 0.6 is 23.2 Å². The van der Waals surface area contributed by atoms with E-state index >= 15 is 0 Å². The van der Waals surface area contributed by atoms with Gasteiger partial charge in [0.15, 0.2) is 11.5 Å². The van der Waals surface area contributed by atoms with E-state index in [1.165, 1.54) is 6.21 Å². The first-order valence-electron chi connectivity index (χ1n) is 10.4. The normalized spacial score (nSPS) is 10.7. The van der Waals surface area contributed by atoms with Crippen LogP contribution in [-0.2, 0) is 11.4 Å². The lowest BCUT2D eigenvalue weighted by Gasteiger charge is -2.12. The summed E-state index contributed by atoms with van der Waals surface area (Å²) >= 11 is 11.9. The zero-order valence-electron chi connectivity index (χ0n) is 18.4. The molecule has 0 saturated heterocycles. The Kier molecular flexibility index (Phi) is 9.31. The number of halogens is 2. The highest BCUT2D eigenvalue weighted by molar-refractivity contribution is 6.33. The molecule has 0 saturated carbocycles. The van der Waals surface area contributed by atoms with Crippen LogP contribution in [0, 0.1) is 0 Å². The first kappa shape index (κ1) is 25.1. The van der Waals surface area contributed by atoms with Gasteiger partial charge in [0.25, 0.3) is 11.8 Å². The Labute approximate surface area is 207 Å². The van der Waals surface area contributed by atoms with E-state index in [4.69, 9.17) is 32.7 Å². The van der Waals surface area contributed by atoms with Crippen LogP contribution in [0.3, 0.4) is 0 Å². The monoisotopic (exact) mass is 499 g/mol. The van der Waals surface area contributed by atoms with Crippen molar-refractivity contribution < 1.29 is 19.1 Å². The van der Waals surface area contributed by atoms with Gasteiger partial charge in [-0.2, -0.15) is 5.10 Å². The maximum atomic E-state index is 12.1. The van der Waals surface area contributed by atoms with Crippen LogP contribution in [0.25, 0.3) is 0 Å². The number of hydrogen-bond acceptors (Lipinski definition) is 5. The van der Waals surface area contributed by atoms with Crippen LogP contribution in [0.2, 0.25) is 10.0 Å². The van der Waals surface area contributed by atoms with Crippen LogP contribution in [0.1, 0.15) is 28.4 Å². The lowest BCUT2D eigenvalue weighted by atomic mass is 10.2. The average Bonchev–Trinajstić information content (AvgIpc) is 2.83. The van der Waals surface area contributed by atoms with E-state index in [1.54, 1.807) is 54.6 Å². The molecule has 9 heteroatoms. The van der Waals surface area contributed by atoms with Gasteiger partial charge in [0.05, 0.1) is 30.0 Å². The van der Waals surface area contributed by atoms with Crippen LogP contribution in [0.15, 0.2) is 71.8 Å². The molecule has 3 aromatic rings. The second kappa shape index (κ2) is 12.6. The van der Waals surface area contributed by atoms with Crippen LogP contribution in [0.5, 0.6) is 11.5 Å². The molecule has 2 N–H and O–H groups in total. The molecule has 0 atom stereocenters. The molecule has 2 amide bonds. The summed E-state index contributed by atoms with van der Waals surface area (Å²) in [7, 11) is 0. The van der Waals surface area contributed by atoms with E-state index in [0.29, 0.717) is 45.9 Å². The van der Waals surface area contributed by atoms with Crippen LogP contribution in [-0.4, -0.2) is 31.2 Å². The van der Waals surface area contributed by atoms with Crippen molar-refractivity contribution in [2.45, 2.75) is 13.5 Å². The summed E-state index contributed by atoms with van der Waals surface area (Å²) in [5.41, 5.74) is 4.33. The number of carbonyl (C=O) groups excluding carboxylic acids is 2. The third-order valence-electron chi connectivity index (χ3n) is 4.51. The Morgan fingerprint density at radius 1 is 0.971 bits per heavy atom. The summed E-state index contributed by atoms with van der Waals surface area (Å²) in [5, 5.41) is 7.40. The summed E-state index contributed by atoms with van der Waals surface area (Å²) in [5.74, 6) is 0.212. The Hall–Kier alpha value is -3.55. The van der Waals surface area contributed by atoms with Gasteiger partial charge in [-0.1, -0.05) is 47.5 Å². The van der Waals surface area contributed by atoms with Gasteiger partial charge in [0.2, 0.25) is 0 Å². The first-order valence-corrected chi connectivity index (χ1v) is 11.2. The van der Waals surface area contributed by atoms with Gasteiger partial charge in [0, 0.05) is 5.02 Å². The molecule has 0 aromatic heterocycles. The maximum Gasteiger partial charge on any atom is 0.259 e. The minimum atomic E-state index is -0.482. The number of carbonyl (C=O) groups is 2. The van der Waals surface area contributed by atoms with Crippen LogP contribution in [0.4, 0.5) is 0 Å². The minimum absolute atomic E-state index is 0.247. The number of nitrogens with one attached hydrogen (secondary N) is 2. The smallest absolute Gasteiger partial charge is 0.259 e. The maximum absolute atomic E-state index is 12.1. The summed E-state index contributed by atoms with van der Waals surface area (Å²) in [6.45, 7) is 2.45. The van der Waals surface area contributed by atoms with Gasteiger partial charge >= 0.3 is 0 Å². The molecule has 0 aliphatic heterocycles. The molecule has 0 spiro atoms. The number of benzene rings is 3. The van der Waals surface area contributed by atoms with Crippen molar-refractivity contribution in [2.24, 2.45) is 5.10 Å². The van der Waals surface area contributed by atoms with Gasteiger partial charge in [-0.15, -0.1) is 0 Å². The minimum Gasteiger partial charge on any atom is -0.490 e. The van der Waals surface area contributed by atoms with Gasteiger partial charge in [-0.25, -0.2) is 5.43 Å². The third kappa shape index (κ3) is 7.50. The molecule has 0 bridgehead atoms. The molecule has 0 heterocycles. The fourth-order valence-corrected chi connectivity index (χ4v) is 3.20. The Balaban J connectivity index is 1.53. The largest absolute Gasteiger partial charge is 0.490 e. The molecule has 34 heavy (non-hydrogen) atoms. The lowest BCUT2D eigenvalue weighted by Crippen LogP contribution is -2.35. The molecule has 7 nitrogen and oxygen atoms in total. The van der Waals surface area contributed by atoms with E-state index in [-0.39, 0.29) is 6.54 Å². The molecule has 0 fully saturated rings. The summed E-state index contributed by atoms with van der Waals surface area (Å²) in [4.78, 5) is 24.1. The SMILES string of the molecule is CCOc1cc(C=NNC(=O)CNC(=O)c2ccccc2Cl)ccc1OCc1ccc(Cl)cc1. The fraction of sp³-hybridized carbons (Fsp3) is 0.160. The van der Waals surface area contributed by atoms with Crippen molar-refractivity contribution in [3.63, 3.8) is 0 Å². The number of ether oxygens (including phenoxy) is 2. The zero-order chi connectivity index (χ0) is 24.3. The summed E-state index contributed by atoms with van der Waals surface area (Å²) in [6, 6.07) is 19.3. The van der Waals surface area contributed by atoms with Crippen molar-refractivity contribution in [1.82, 2.24) is 10.7 Å². The zero-order valence-corrected chi connectivity index (χ0v) is 19.9. The molecule has 0 unspecified atom stereocenters. The van der Waals surface area contributed by atoms with Gasteiger partial charge in [-0.05, 0) is 60.5 Å². The third-order valence-corrected chi connectivity index (χ3v) is 5.09. The van der Waals surface area contributed by atoms with Crippen molar-refractivity contribution in [3.05, 3.63) is 93.5 Å². The number of hydrogen-bond donors (Lipinski definition) is 2. The molecular weight excluding hydrogens is 477 g/mol. The molecule has 0 radical (unpaired) electrons. The highest BCUT2D eigenvalue weighted by Crippen LogP contribution is 2.29. The second-order valence-electron chi connectivity index (χ2n) is 7.01. The van der Waals surface area contributed by atoms with Gasteiger partial charge in [-0.3, -0.25) is 9.59 Å². The van der Waals surface area contributed by atoms with Crippen molar-refractivity contribution in [1.29, 1.82) is 0 Å². The standard InChI is InChI=1S/C25H23Cl2N3O4/c1-2-33-23-13-18(9-12-22(23)34-16-17-7-10-19(26)11-8-17)14-29-30-24(31)15-28-25(32)20-5-3-4-6-21(20)27/h3-14H,2,15-16H2,1H3,(H,28,32)(H,30,31). The van der Waals surface area contributed by atoms with E-state index in [2.05, 4.69) is 15.8 Å². The van der Waals surface area contributed by atoms with Crippen LogP contribution < -0.4 is 20.2 Å². The average molecular weight is 500 g/mol. The summed E-state index contributed by atoms with van der Waals surface area (Å²) < 4.78 is 11.6. The van der Waals surface area contributed by atoms with Gasteiger partial charge < -0.3 is 14.8 Å². The molecule has 3 rings (SSSR count). The van der Waals surface area contributed by atoms with E-state index in [9.17, 15) is 9.59 Å². The first-order chi connectivity index (χ1) is 16.5. The topological polar surface area (TPSA) is 89.0 Å². The number of nitrogens with zero attached hydrogens (tertiary/aromatic N) is 1. The number of rotatable bonds is 10. The van der Waals surface area contributed by atoms with Crippen molar-refractivity contribution >= 4 is 41.2 Å². The quantitative estimate of drug-likeness (QED) is 0.308. The molecule has 0 aliphatic rings. The predicted molar refractivity (Wildman–Crippen MR) is 133 cm³/mol. The molecule has 0 aliphatic carbocycles. The Bertz CT molecular complexity index is 1170. The number of hydrazone groups is 1. The van der Waals surface area contributed by atoms with E-state index in [1.807, 2.05) is 19.1 Å². The van der Waals surface area contributed by atoms with Crippen molar-refractivity contribution in [3.8, 4) is 11.5 Å². The van der Waals surface area contributed by atoms with E-state index in [0.717, 1.165) is 5.56 Å². The van der Waals surface area contributed by atoms with E-state index < -0.39 is 11.8 Å². The Morgan fingerprint density at radius 2 is 1.74 bits per heavy atom. The van der Waals surface area contributed by atoms with Crippen molar-refractivity contribution in [2.75, 3.05) is 13.2 Å². The fourth-order valence-electron chi connectivity index (χ4n) is 2.85. The molecule has 176 valence electrons. The highest BCUT2D eigenvalue weighted by Gasteiger charge is 2.11.